The number of aromatic nitrogens is 1. The molecular formula is C12H17NS. The third-order valence-corrected chi connectivity index (χ3v) is 3.40. The fraction of sp³-hybridized carbons (Fsp3) is 0.417. The third kappa shape index (κ3) is 1.95. The van der Waals surface area contributed by atoms with E-state index in [-0.39, 0.29) is 12.8 Å². The molecule has 1 heterocycles. The highest BCUT2D eigenvalue weighted by Crippen LogP contribution is 2.30. The van der Waals surface area contributed by atoms with Crippen LogP contribution < -0.4 is 0 Å². The zero-order valence-corrected chi connectivity index (χ0v) is 8.98. The van der Waals surface area contributed by atoms with Crippen molar-refractivity contribution in [1.29, 1.82) is 0 Å². The molecule has 0 bridgehead atoms. The molecule has 76 valence electrons. The largest absolute Gasteiger partial charge is 0.241 e. The number of nitrogens with zero attached hydrogens (tertiary/aromatic N) is 1. The van der Waals surface area contributed by atoms with Gasteiger partial charge in [0.05, 0.1) is 15.2 Å². The van der Waals surface area contributed by atoms with Crippen molar-refractivity contribution in [2.75, 3.05) is 0 Å². The molecule has 0 amide bonds. The summed E-state index contributed by atoms with van der Waals surface area (Å²) in [6.07, 6.45) is 0. The normalized spacial score (nSPS) is 11.4. The van der Waals surface area contributed by atoms with Gasteiger partial charge in [0.25, 0.3) is 0 Å². The van der Waals surface area contributed by atoms with Crippen LogP contribution in [0.3, 0.4) is 0 Å². The monoisotopic (exact) mass is 207 g/mol. The number of fused-ring (bicyclic) bond motifs is 1. The number of hydrogen-bond acceptors (Lipinski definition) is 2. The van der Waals surface area contributed by atoms with Crippen LogP contribution in [0.5, 0.6) is 0 Å². The fourth-order valence-corrected chi connectivity index (χ4v) is 2.22. The second-order valence-electron chi connectivity index (χ2n) is 4.24. The minimum absolute atomic E-state index is 0. The number of rotatable bonds is 0. The molecule has 1 nitrogen and oxygen atoms in total. The summed E-state index contributed by atoms with van der Waals surface area (Å²) in [4.78, 5) is 4.60. The molecule has 1 aromatic heterocycles. The number of thiazole rings is 1. The van der Waals surface area contributed by atoms with E-state index in [4.69, 9.17) is 0 Å². The molecule has 14 heavy (non-hydrogen) atoms. The lowest BCUT2D eigenvalue weighted by Crippen LogP contribution is -2.09. The van der Waals surface area contributed by atoms with Crippen LogP contribution in [-0.2, 0) is 5.41 Å². The predicted octanol–water partition coefficient (Wildman–Crippen LogP) is 4.23. The summed E-state index contributed by atoms with van der Waals surface area (Å²) in [5.74, 6) is 0. The minimum atomic E-state index is 0. The fourth-order valence-electron chi connectivity index (χ4n) is 1.19. The molecule has 0 saturated heterocycles. The molecule has 0 spiro atoms. The van der Waals surface area contributed by atoms with E-state index >= 15 is 0 Å². The Morgan fingerprint density at radius 2 is 1.79 bits per heavy atom. The number of benzene rings is 1. The molecule has 1 aromatic carbocycles. The van der Waals surface area contributed by atoms with Crippen LogP contribution in [-0.4, -0.2) is 4.98 Å². The lowest BCUT2D eigenvalue weighted by molar-refractivity contribution is 0.587. The lowest BCUT2D eigenvalue weighted by atomic mass is 9.98. The first-order valence-corrected chi connectivity index (χ1v) is 5.25. The number of para-hydroxylation sites is 1. The molecule has 2 heteroatoms. The van der Waals surface area contributed by atoms with Gasteiger partial charge in [-0.2, -0.15) is 0 Å². The minimum Gasteiger partial charge on any atom is -0.241 e. The maximum atomic E-state index is 4.60. The van der Waals surface area contributed by atoms with Crippen molar-refractivity contribution in [3.05, 3.63) is 29.3 Å². The van der Waals surface area contributed by atoms with Gasteiger partial charge in [-0.15, -0.1) is 11.3 Å². The highest BCUT2D eigenvalue weighted by molar-refractivity contribution is 7.18. The third-order valence-electron chi connectivity index (χ3n) is 1.94. The van der Waals surface area contributed by atoms with Crippen molar-refractivity contribution in [2.24, 2.45) is 0 Å². The van der Waals surface area contributed by atoms with E-state index in [1.54, 1.807) is 11.3 Å². The summed E-state index contributed by atoms with van der Waals surface area (Å²) < 4.78 is 1.28. The summed E-state index contributed by atoms with van der Waals surface area (Å²) >= 11 is 1.79. The van der Waals surface area contributed by atoms with E-state index in [9.17, 15) is 0 Å². The van der Waals surface area contributed by atoms with Crippen molar-refractivity contribution in [2.45, 2.75) is 33.6 Å². The molecule has 2 rings (SSSR count). The number of hydrogen-bond donors (Lipinski definition) is 0. The van der Waals surface area contributed by atoms with Crippen molar-refractivity contribution in [3.8, 4) is 0 Å². The topological polar surface area (TPSA) is 12.9 Å². The van der Waals surface area contributed by atoms with Crippen LogP contribution in [0.1, 0.15) is 33.2 Å². The van der Waals surface area contributed by atoms with Crippen LogP contribution in [0.15, 0.2) is 24.3 Å². The Morgan fingerprint density at radius 1 is 1.14 bits per heavy atom. The van der Waals surface area contributed by atoms with Gasteiger partial charge in [0.1, 0.15) is 0 Å². The van der Waals surface area contributed by atoms with E-state index in [1.807, 2.05) is 6.07 Å². The first-order valence-electron chi connectivity index (χ1n) is 4.43. The average Bonchev–Trinajstić information content (AvgIpc) is 2.45. The van der Waals surface area contributed by atoms with E-state index in [1.165, 1.54) is 9.71 Å². The standard InChI is InChI=1S/C11H13NS.CH4/c1-11(2,3)10-12-8-6-4-5-7-9(8)13-10;/h4-7H,1-3H3;1H4. The van der Waals surface area contributed by atoms with Crippen molar-refractivity contribution < 1.29 is 0 Å². The van der Waals surface area contributed by atoms with Crippen molar-refractivity contribution in [3.63, 3.8) is 0 Å². The second-order valence-corrected chi connectivity index (χ2v) is 5.27. The van der Waals surface area contributed by atoms with Gasteiger partial charge >= 0.3 is 0 Å². The Labute approximate surface area is 89.8 Å². The van der Waals surface area contributed by atoms with E-state index < -0.39 is 0 Å². The molecule has 2 aromatic rings. The lowest BCUT2D eigenvalue weighted by Gasteiger charge is -2.13. The SMILES string of the molecule is C.CC(C)(C)c1nc2ccccc2s1. The zero-order valence-electron chi connectivity index (χ0n) is 8.16. The summed E-state index contributed by atoms with van der Waals surface area (Å²) in [7, 11) is 0. The molecule has 0 unspecified atom stereocenters. The van der Waals surface area contributed by atoms with Crippen LogP contribution in [0.2, 0.25) is 0 Å². The van der Waals surface area contributed by atoms with Crippen LogP contribution in [0, 0.1) is 0 Å². The molecule has 0 atom stereocenters. The Kier molecular flexibility index (Phi) is 2.95. The Morgan fingerprint density at radius 3 is 2.36 bits per heavy atom. The molecule has 0 fully saturated rings. The van der Waals surface area contributed by atoms with Crippen LogP contribution in [0.25, 0.3) is 10.2 Å². The van der Waals surface area contributed by atoms with Gasteiger partial charge in [0.2, 0.25) is 0 Å². The molecule has 0 aliphatic rings. The summed E-state index contributed by atoms with van der Waals surface area (Å²) in [5.41, 5.74) is 1.29. The summed E-state index contributed by atoms with van der Waals surface area (Å²) in [6, 6.07) is 8.30. The van der Waals surface area contributed by atoms with Gasteiger partial charge in [0, 0.05) is 5.41 Å². The molecule has 0 aliphatic carbocycles. The first-order chi connectivity index (χ1) is 6.07. The van der Waals surface area contributed by atoms with E-state index in [2.05, 4.69) is 44.0 Å². The van der Waals surface area contributed by atoms with Gasteiger partial charge in [0.15, 0.2) is 0 Å². The second kappa shape index (κ2) is 3.70. The van der Waals surface area contributed by atoms with Gasteiger partial charge in [-0.25, -0.2) is 4.98 Å². The van der Waals surface area contributed by atoms with Gasteiger partial charge in [-0.3, -0.25) is 0 Å². The molecule has 0 saturated carbocycles. The highest BCUT2D eigenvalue weighted by atomic mass is 32.1. The van der Waals surface area contributed by atoms with E-state index in [0.29, 0.717) is 0 Å². The first kappa shape index (κ1) is 11.2. The maximum absolute atomic E-state index is 4.60. The Bertz CT molecular complexity index is 390. The average molecular weight is 207 g/mol. The highest BCUT2D eigenvalue weighted by Gasteiger charge is 2.18. The Hall–Kier alpha value is -0.890. The maximum Gasteiger partial charge on any atom is 0.0992 e. The van der Waals surface area contributed by atoms with Crippen molar-refractivity contribution >= 4 is 21.6 Å². The quantitative estimate of drug-likeness (QED) is 0.630. The summed E-state index contributed by atoms with van der Waals surface area (Å²) in [6.45, 7) is 6.60. The van der Waals surface area contributed by atoms with Crippen LogP contribution in [0.4, 0.5) is 0 Å². The van der Waals surface area contributed by atoms with Crippen LogP contribution >= 0.6 is 11.3 Å². The van der Waals surface area contributed by atoms with Gasteiger partial charge < -0.3 is 0 Å². The summed E-state index contributed by atoms with van der Waals surface area (Å²) in [5, 5.41) is 1.22. The van der Waals surface area contributed by atoms with E-state index in [0.717, 1.165) is 5.52 Å². The van der Waals surface area contributed by atoms with Gasteiger partial charge in [-0.1, -0.05) is 40.3 Å². The zero-order chi connectivity index (χ0) is 9.47. The molecular weight excluding hydrogens is 190 g/mol. The molecule has 0 radical (unpaired) electrons. The van der Waals surface area contributed by atoms with Gasteiger partial charge in [-0.05, 0) is 12.1 Å². The molecule has 0 aliphatic heterocycles. The predicted molar refractivity (Wildman–Crippen MR) is 65.1 cm³/mol. The van der Waals surface area contributed by atoms with Crippen molar-refractivity contribution in [1.82, 2.24) is 4.98 Å². The molecule has 0 N–H and O–H groups in total. The smallest absolute Gasteiger partial charge is 0.0992 e. The Balaban J connectivity index is 0.000000980.